The summed E-state index contributed by atoms with van der Waals surface area (Å²) in [7, 11) is -3.84. The minimum absolute atomic E-state index is 0.0763. The Labute approximate surface area is 134 Å². The van der Waals surface area contributed by atoms with E-state index in [9.17, 15) is 8.42 Å². The average molecular weight is 333 g/mol. The molecule has 2 aromatic rings. The Morgan fingerprint density at radius 3 is 2.55 bits per heavy atom. The van der Waals surface area contributed by atoms with Crippen LogP contribution in [0.1, 0.15) is 5.56 Å². The predicted octanol–water partition coefficient (Wildman–Crippen LogP) is 3.90. The number of allylic oxidation sites excluding steroid dienone is 1. The number of halogens is 1. The highest BCUT2D eigenvalue weighted by atomic mass is 35.5. The molecule has 0 heterocycles. The largest absolute Gasteiger partial charge is 0.360 e. The van der Waals surface area contributed by atoms with Gasteiger partial charge in [0.05, 0.1) is 4.90 Å². The lowest BCUT2D eigenvalue weighted by Crippen LogP contribution is -2.05. The van der Waals surface area contributed by atoms with Crippen LogP contribution in [0.4, 0.5) is 5.69 Å². The molecule has 1 N–H and O–H groups in total. The topological polar surface area (TPSA) is 70.0 Å². The van der Waals surface area contributed by atoms with E-state index in [4.69, 9.17) is 16.9 Å². The van der Waals surface area contributed by atoms with Crippen molar-refractivity contribution in [2.75, 3.05) is 5.32 Å². The normalized spacial score (nSPS) is 11.8. The molecule has 112 valence electrons. The van der Waals surface area contributed by atoms with Crippen LogP contribution in [0, 0.1) is 18.3 Å². The maximum absolute atomic E-state index is 12.4. The van der Waals surface area contributed by atoms with Gasteiger partial charge in [0.1, 0.15) is 6.07 Å². The van der Waals surface area contributed by atoms with Crippen molar-refractivity contribution in [2.24, 2.45) is 0 Å². The number of nitrogens with one attached hydrogen (secondary N) is 1. The fourth-order valence-electron chi connectivity index (χ4n) is 1.79. The second-order valence-corrected chi connectivity index (χ2v) is 6.90. The molecule has 4 nitrogen and oxygen atoms in total. The molecule has 0 aliphatic carbocycles. The molecule has 0 radical (unpaired) electrons. The molecule has 0 fully saturated rings. The molecule has 0 saturated carbocycles. The van der Waals surface area contributed by atoms with Crippen molar-refractivity contribution in [3.63, 3.8) is 0 Å². The van der Waals surface area contributed by atoms with Crippen molar-refractivity contribution in [1.82, 2.24) is 0 Å². The number of nitrogens with zero attached hydrogens (tertiary/aromatic N) is 1. The Hall–Kier alpha value is -2.29. The van der Waals surface area contributed by atoms with Crippen LogP contribution in [0.5, 0.6) is 0 Å². The Morgan fingerprint density at radius 1 is 1.23 bits per heavy atom. The molecular formula is C16H13ClN2O2S. The van der Waals surface area contributed by atoms with Gasteiger partial charge in [-0.05, 0) is 36.8 Å². The molecule has 0 spiro atoms. The van der Waals surface area contributed by atoms with E-state index in [-0.39, 0.29) is 9.80 Å². The van der Waals surface area contributed by atoms with Gasteiger partial charge in [0.25, 0.3) is 0 Å². The maximum atomic E-state index is 12.4. The van der Waals surface area contributed by atoms with E-state index in [0.29, 0.717) is 10.7 Å². The second-order valence-electron chi connectivity index (χ2n) is 4.54. The van der Waals surface area contributed by atoms with E-state index in [2.05, 4.69) is 5.32 Å². The third kappa shape index (κ3) is 3.48. The number of anilines is 1. The van der Waals surface area contributed by atoms with E-state index in [1.807, 2.05) is 6.92 Å². The number of hydrogen-bond acceptors (Lipinski definition) is 4. The van der Waals surface area contributed by atoms with Crippen molar-refractivity contribution >= 4 is 27.1 Å². The Morgan fingerprint density at radius 2 is 1.91 bits per heavy atom. The average Bonchev–Trinajstić information content (AvgIpc) is 2.52. The van der Waals surface area contributed by atoms with Crippen molar-refractivity contribution in [3.8, 4) is 6.07 Å². The first kappa shape index (κ1) is 16.1. The first-order valence-electron chi connectivity index (χ1n) is 6.38. The van der Waals surface area contributed by atoms with E-state index < -0.39 is 9.84 Å². The van der Waals surface area contributed by atoms with Gasteiger partial charge in [-0.15, -0.1) is 0 Å². The quantitative estimate of drug-likeness (QED) is 0.862. The van der Waals surface area contributed by atoms with Gasteiger partial charge in [0.15, 0.2) is 4.91 Å². The van der Waals surface area contributed by atoms with Crippen LogP contribution in [0.25, 0.3) is 0 Å². The highest BCUT2D eigenvalue weighted by molar-refractivity contribution is 7.95. The van der Waals surface area contributed by atoms with Gasteiger partial charge in [-0.25, -0.2) is 8.42 Å². The monoisotopic (exact) mass is 332 g/mol. The number of hydrogen-bond donors (Lipinski definition) is 1. The minimum Gasteiger partial charge on any atom is -0.360 e. The predicted molar refractivity (Wildman–Crippen MR) is 87.1 cm³/mol. The minimum atomic E-state index is -3.84. The highest BCUT2D eigenvalue weighted by Crippen LogP contribution is 2.22. The molecule has 0 aromatic heterocycles. The molecule has 2 aromatic carbocycles. The summed E-state index contributed by atoms with van der Waals surface area (Å²) in [6.07, 6.45) is 1.18. The fraction of sp³-hybridized carbons (Fsp3) is 0.0625. The first-order chi connectivity index (χ1) is 10.4. The number of rotatable bonds is 4. The molecule has 0 amide bonds. The smallest absolute Gasteiger partial charge is 0.218 e. The zero-order valence-corrected chi connectivity index (χ0v) is 13.3. The zero-order valence-electron chi connectivity index (χ0n) is 11.7. The number of sulfone groups is 1. The maximum Gasteiger partial charge on any atom is 0.218 e. The highest BCUT2D eigenvalue weighted by Gasteiger charge is 2.20. The van der Waals surface area contributed by atoms with E-state index in [1.165, 1.54) is 18.3 Å². The molecule has 0 aliphatic heterocycles. The molecule has 0 atom stereocenters. The Bertz CT molecular complexity index is 853. The summed E-state index contributed by atoms with van der Waals surface area (Å²) < 4.78 is 24.8. The number of benzene rings is 2. The Balaban J connectivity index is 2.37. The second kappa shape index (κ2) is 6.65. The SMILES string of the molecule is Cc1ccc(Cl)cc1NC=C(C#N)S(=O)(=O)c1ccccc1. The summed E-state index contributed by atoms with van der Waals surface area (Å²) in [6, 6.07) is 14.7. The molecule has 0 saturated heterocycles. The van der Waals surface area contributed by atoms with E-state index in [1.54, 1.807) is 42.5 Å². The van der Waals surface area contributed by atoms with Crippen LogP contribution in [0.15, 0.2) is 64.5 Å². The standard InChI is InChI=1S/C16H13ClN2O2S/c1-12-7-8-13(17)9-16(12)19-11-15(10-18)22(20,21)14-5-3-2-4-6-14/h2-9,11,19H,1H3. The first-order valence-corrected chi connectivity index (χ1v) is 8.24. The molecule has 0 bridgehead atoms. The summed E-state index contributed by atoms with van der Waals surface area (Å²) in [6.45, 7) is 1.85. The van der Waals surface area contributed by atoms with Gasteiger partial charge in [-0.1, -0.05) is 35.9 Å². The lowest BCUT2D eigenvalue weighted by Gasteiger charge is -2.07. The molecule has 2 rings (SSSR count). The van der Waals surface area contributed by atoms with Crippen molar-refractivity contribution in [3.05, 3.63) is 70.2 Å². The molecule has 22 heavy (non-hydrogen) atoms. The molecule has 6 heteroatoms. The van der Waals surface area contributed by atoms with Gasteiger partial charge in [-0.3, -0.25) is 0 Å². The van der Waals surface area contributed by atoms with Crippen molar-refractivity contribution in [2.45, 2.75) is 11.8 Å². The van der Waals surface area contributed by atoms with Gasteiger partial charge in [0, 0.05) is 16.9 Å². The third-order valence-electron chi connectivity index (χ3n) is 3.01. The van der Waals surface area contributed by atoms with Gasteiger partial charge in [0.2, 0.25) is 9.84 Å². The van der Waals surface area contributed by atoms with E-state index >= 15 is 0 Å². The van der Waals surface area contributed by atoms with Crippen molar-refractivity contribution < 1.29 is 8.42 Å². The third-order valence-corrected chi connectivity index (χ3v) is 4.93. The van der Waals surface area contributed by atoms with Crippen LogP contribution >= 0.6 is 11.6 Å². The molecule has 0 unspecified atom stereocenters. The summed E-state index contributed by atoms with van der Waals surface area (Å²) in [5.41, 5.74) is 1.53. The van der Waals surface area contributed by atoms with Crippen LogP contribution < -0.4 is 5.32 Å². The summed E-state index contributed by atoms with van der Waals surface area (Å²) >= 11 is 5.91. The summed E-state index contributed by atoms with van der Waals surface area (Å²) in [5, 5.41) is 12.5. The number of nitriles is 1. The fourth-order valence-corrected chi connectivity index (χ4v) is 3.07. The summed E-state index contributed by atoms with van der Waals surface area (Å²) in [5.74, 6) is 0. The summed E-state index contributed by atoms with van der Waals surface area (Å²) in [4.78, 5) is -0.287. The molecule has 0 aliphatic rings. The lowest BCUT2D eigenvalue weighted by atomic mass is 10.2. The van der Waals surface area contributed by atoms with Crippen LogP contribution in [-0.4, -0.2) is 8.42 Å². The van der Waals surface area contributed by atoms with Gasteiger partial charge < -0.3 is 5.32 Å². The van der Waals surface area contributed by atoms with Crippen LogP contribution in [0.3, 0.4) is 0 Å². The van der Waals surface area contributed by atoms with Gasteiger partial charge in [-0.2, -0.15) is 5.26 Å². The van der Waals surface area contributed by atoms with Crippen LogP contribution in [-0.2, 0) is 9.84 Å². The lowest BCUT2D eigenvalue weighted by molar-refractivity contribution is 0.603. The number of aryl methyl sites for hydroxylation is 1. The van der Waals surface area contributed by atoms with Crippen LogP contribution in [0.2, 0.25) is 5.02 Å². The van der Waals surface area contributed by atoms with Gasteiger partial charge >= 0.3 is 0 Å². The van der Waals surface area contributed by atoms with Crippen molar-refractivity contribution in [1.29, 1.82) is 5.26 Å². The Kier molecular flexibility index (Phi) is 4.86. The van der Waals surface area contributed by atoms with E-state index in [0.717, 1.165) is 5.56 Å². The zero-order chi connectivity index (χ0) is 16.2. The molecular weight excluding hydrogens is 320 g/mol.